The highest BCUT2D eigenvalue weighted by molar-refractivity contribution is 8.01. The van der Waals surface area contributed by atoms with E-state index in [1.807, 2.05) is 41.5 Å². The monoisotopic (exact) mass is 484 g/mol. The van der Waals surface area contributed by atoms with Crippen molar-refractivity contribution in [1.29, 1.82) is 0 Å². The lowest BCUT2D eigenvalue weighted by Crippen LogP contribution is -2.43. The van der Waals surface area contributed by atoms with E-state index in [1.165, 1.54) is 0 Å². The van der Waals surface area contributed by atoms with Crippen molar-refractivity contribution in [3.8, 4) is 0 Å². The van der Waals surface area contributed by atoms with Gasteiger partial charge in [-0.15, -0.1) is 15.7 Å². The highest BCUT2D eigenvalue weighted by Crippen LogP contribution is 2.33. The molecule has 0 spiro atoms. The zero-order chi connectivity index (χ0) is 22.3. The zero-order valence-electron chi connectivity index (χ0n) is 17.2. The van der Waals surface area contributed by atoms with Gasteiger partial charge in [-0.25, -0.2) is 4.98 Å². The molecule has 2 aromatic carbocycles. The molecule has 0 saturated carbocycles. The first-order valence-electron chi connectivity index (χ1n) is 10.1. The van der Waals surface area contributed by atoms with Gasteiger partial charge in [-0.1, -0.05) is 23.9 Å². The lowest BCUT2D eigenvalue weighted by molar-refractivity contribution is -0.119. The number of aromatic nitrogens is 1. The van der Waals surface area contributed by atoms with E-state index in [-0.39, 0.29) is 10.8 Å². The highest BCUT2D eigenvalue weighted by Gasteiger charge is 2.39. The Hall–Kier alpha value is -2.69. The molecule has 0 unspecified atom stereocenters. The fourth-order valence-electron chi connectivity index (χ4n) is 3.90. The normalized spacial score (nSPS) is 19.0. The molecule has 1 N–H and O–H groups in total. The van der Waals surface area contributed by atoms with Gasteiger partial charge in [-0.2, -0.15) is 8.42 Å². The quantitative estimate of drug-likeness (QED) is 0.598. The molecule has 2 aliphatic heterocycles. The van der Waals surface area contributed by atoms with E-state index >= 15 is 0 Å². The van der Waals surface area contributed by atoms with E-state index in [9.17, 15) is 13.2 Å². The van der Waals surface area contributed by atoms with Crippen molar-refractivity contribution >= 4 is 50.6 Å². The summed E-state index contributed by atoms with van der Waals surface area (Å²) in [7, 11) is -3.72. The van der Waals surface area contributed by atoms with Gasteiger partial charge >= 0.3 is 0 Å². The van der Waals surface area contributed by atoms with Gasteiger partial charge < -0.3 is 10.2 Å². The number of hydrogen-bond donors (Lipinski definition) is 1. The van der Waals surface area contributed by atoms with E-state index in [2.05, 4.69) is 14.7 Å². The van der Waals surface area contributed by atoms with E-state index in [1.54, 1.807) is 47.4 Å². The topological polar surface area (TPSA) is 91.7 Å². The molecule has 0 bridgehead atoms. The Morgan fingerprint density at radius 3 is 2.72 bits per heavy atom. The van der Waals surface area contributed by atoms with Crippen molar-refractivity contribution in [3.05, 3.63) is 65.2 Å². The van der Waals surface area contributed by atoms with Gasteiger partial charge in [0, 0.05) is 33.8 Å². The van der Waals surface area contributed by atoms with Crippen LogP contribution in [0.4, 0.5) is 5.69 Å². The van der Waals surface area contributed by atoms with Crippen molar-refractivity contribution in [3.63, 3.8) is 0 Å². The molecule has 164 valence electrons. The van der Waals surface area contributed by atoms with Crippen LogP contribution in [-0.2, 0) is 14.8 Å². The summed E-state index contributed by atoms with van der Waals surface area (Å²) in [5, 5.41) is 4.99. The van der Waals surface area contributed by atoms with Gasteiger partial charge in [0.1, 0.15) is 10.9 Å². The molecule has 32 heavy (non-hydrogen) atoms. The Labute approximate surface area is 194 Å². The van der Waals surface area contributed by atoms with E-state index in [0.29, 0.717) is 30.1 Å². The molecule has 5 rings (SSSR count). The predicted octanol–water partition coefficient (Wildman–Crippen LogP) is 4.15. The maximum absolute atomic E-state index is 13.1. The molecule has 2 aliphatic rings. The number of hydrogen-bond acceptors (Lipinski definition) is 7. The fourth-order valence-corrected chi connectivity index (χ4v) is 6.93. The number of nitrogens with zero attached hydrogens (tertiary/aromatic N) is 3. The van der Waals surface area contributed by atoms with Crippen molar-refractivity contribution < 1.29 is 13.2 Å². The van der Waals surface area contributed by atoms with Crippen LogP contribution < -0.4 is 5.32 Å². The molecular formula is C22H20N4O3S3. The number of likely N-dealkylation sites (tertiary alicyclic amines) is 1. The SMILES string of the molecule is Cc1csc(Sc2ccc(NC(=O)[C@@H]3CCCN3C3=NS(=O)(=O)c4ccccc43)cc2)n1. The van der Waals surface area contributed by atoms with Gasteiger partial charge in [0.25, 0.3) is 10.0 Å². The van der Waals surface area contributed by atoms with E-state index in [4.69, 9.17) is 0 Å². The van der Waals surface area contributed by atoms with Crippen LogP contribution >= 0.6 is 23.1 Å². The largest absolute Gasteiger partial charge is 0.343 e. The number of amides is 1. The number of carbonyl (C=O) groups excluding carboxylic acids is 1. The zero-order valence-corrected chi connectivity index (χ0v) is 19.6. The summed E-state index contributed by atoms with van der Waals surface area (Å²) in [5.74, 6) is 0.201. The number of carbonyl (C=O) groups is 1. The van der Waals surface area contributed by atoms with Gasteiger partial charge in [-0.05, 0) is 56.2 Å². The Balaban J connectivity index is 1.30. The number of amidine groups is 1. The Morgan fingerprint density at radius 2 is 1.97 bits per heavy atom. The van der Waals surface area contributed by atoms with Gasteiger partial charge in [0.2, 0.25) is 5.91 Å². The number of nitrogens with one attached hydrogen (secondary N) is 1. The average Bonchev–Trinajstić information content (AvgIpc) is 3.48. The summed E-state index contributed by atoms with van der Waals surface area (Å²) in [6.07, 6.45) is 1.44. The third-order valence-electron chi connectivity index (χ3n) is 5.36. The highest BCUT2D eigenvalue weighted by atomic mass is 32.2. The average molecular weight is 485 g/mol. The summed E-state index contributed by atoms with van der Waals surface area (Å²) in [5.41, 5.74) is 2.26. The second-order valence-corrected chi connectivity index (χ2v) is 11.4. The van der Waals surface area contributed by atoms with Gasteiger partial charge in [0.05, 0.1) is 0 Å². The van der Waals surface area contributed by atoms with Crippen molar-refractivity contribution in [2.24, 2.45) is 4.40 Å². The number of rotatable bonds is 4. The summed E-state index contributed by atoms with van der Waals surface area (Å²) in [6, 6.07) is 13.9. The molecule has 7 nitrogen and oxygen atoms in total. The van der Waals surface area contributed by atoms with Gasteiger partial charge in [0.15, 0.2) is 10.2 Å². The maximum atomic E-state index is 13.1. The van der Waals surface area contributed by atoms with Crippen LogP contribution in [0.3, 0.4) is 0 Å². The van der Waals surface area contributed by atoms with Crippen LogP contribution in [0.5, 0.6) is 0 Å². The molecule has 10 heteroatoms. The second kappa shape index (κ2) is 8.34. The first-order chi connectivity index (χ1) is 15.4. The second-order valence-electron chi connectivity index (χ2n) is 7.61. The Morgan fingerprint density at radius 1 is 1.19 bits per heavy atom. The summed E-state index contributed by atoms with van der Waals surface area (Å²) in [4.78, 5) is 20.6. The minimum absolute atomic E-state index is 0.164. The summed E-state index contributed by atoms with van der Waals surface area (Å²) >= 11 is 3.19. The van der Waals surface area contributed by atoms with Crippen LogP contribution in [0.1, 0.15) is 24.1 Å². The molecular weight excluding hydrogens is 464 g/mol. The molecule has 0 aliphatic carbocycles. The molecule has 1 aromatic heterocycles. The minimum atomic E-state index is -3.72. The summed E-state index contributed by atoms with van der Waals surface area (Å²) < 4.78 is 29.8. The molecule has 0 radical (unpaired) electrons. The van der Waals surface area contributed by atoms with Crippen molar-refractivity contribution in [2.45, 2.75) is 39.9 Å². The number of fused-ring (bicyclic) bond motifs is 1. The smallest absolute Gasteiger partial charge is 0.285 e. The van der Waals surface area contributed by atoms with E-state index in [0.717, 1.165) is 21.3 Å². The standard InChI is InChI=1S/C22H20N4O3S3/c1-14-13-30-22(23-14)31-16-10-8-15(9-11-16)24-21(27)18-6-4-12-26(18)20-17-5-2-3-7-19(17)32(28,29)25-20/h2-3,5,7-11,13,18H,4,6,12H2,1H3,(H,24,27)/t18-/m0/s1. The van der Waals surface area contributed by atoms with Crippen LogP contribution in [-0.4, -0.2) is 42.6 Å². The molecule has 3 aromatic rings. The fraction of sp³-hybridized carbons (Fsp3) is 0.227. The Bertz CT molecular complexity index is 1320. The molecule has 1 atom stereocenters. The van der Waals surface area contributed by atoms with Crippen molar-refractivity contribution in [1.82, 2.24) is 9.88 Å². The minimum Gasteiger partial charge on any atom is -0.343 e. The number of thiazole rings is 1. The molecule has 1 fully saturated rings. The number of benzene rings is 2. The molecule has 1 saturated heterocycles. The van der Waals surface area contributed by atoms with Crippen molar-refractivity contribution in [2.75, 3.05) is 11.9 Å². The lowest BCUT2D eigenvalue weighted by atomic mass is 10.1. The Kier molecular flexibility index (Phi) is 5.52. The van der Waals surface area contributed by atoms with E-state index < -0.39 is 16.1 Å². The molecule has 3 heterocycles. The first kappa shape index (κ1) is 21.2. The lowest BCUT2D eigenvalue weighted by Gasteiger charge is -2.25. The number of aryl methyl sites for hydroxylation is 1. The third kappa shape index (κ3) is 4.05. The van der Waals surface area contributed by atoms with Crippen LogP contribution in [0.2, 0.25) is 0 Å². The van der Waals surface area contributed by atoms with Gasteiger partial charge in [-0.3, -0.25) is 4.79 Å². The number of anilines is 1. The first-order valence-corrected chi connectivity index (χ1v) is 13.3. The third-order valence-corrected chi connectivity index (χ3v) is 8.75. The number of sulfonamides is 1. The van der Waals surface area contributed by atoms with Crippen LogP contribution in [0.25, 0.3) is 0 Å². The maximum Gasteiger partial charge on any atom is 0.285 e. The molecule has 1 amide bonds. The van der Waals surface area contributed by atoms with Crippen LogP contribution in [0.15, 0.2) is 72.4 Å². The predicted molar refractivity (Wildman–Crippen MR) is 126 cm³/mol. The van der Waals surface area contributed by atoms with Crippen LogP contribution in [0, 0.1) is 6.92 Å². The summed E-state index contributed by atoms with van der Waals surface area (Å²) in [6.45, 7) is 2.56.